The van der Waals surface area contributed by atoms with Gasteiger partial charge in [0.25, 0.3) is 0 Å². The Bertz CT molecular complexity index is 1130. The molecule has 0 radical (unpaired) electrons. The average Bonchev–Trinajstić information content (AvgIpc) is 3.03. The number of piperidine rings is 1. The van der Waals surface area contributed by atoms with Crippen molar-refractivity contribution in [1.82, 2.24) is 15.1 Å². The summed E-state index contributed by atoms with van der Waals surface area (Å²) in [5.74, 6) is 2.01. The molecule has 0 aliphatic carbocycles. The molecule has 0 atom stereocenters. The van der Waals surface area contributed by atoms with Gasteiger partial charge in [-0.2, -0.15) is 4.99 Å². The number of fused-ring (bicyclic) bond motifs is 2. The second kappa shape index (κ2) is 8.62. The molecule has 1 aromatic rings. The average molecular weight is 494 g/mol. The van der Waals surface area contributed by atoms with Crippen LogP contribution in [0, 0.1) is 5.41 Å². The summed E-state index contributed by atoms with van der Waals surface area (Å²) in [5, 5.41) is 4.40. The molecular formula is C29H40ClN5. The van der Waals surface area contributed by atoms with E-state index in [4.69, 9.17) is 23.2 Å². The number of guanidine groups is 1. The van der Waals surface area contributed by atoms with Crippen molar-refractivity contribution < 1.29 is 0 Å². The summed E-state index contributed by atoms with van der Waals surface area (Å²) in [6.07, 6.45) is 5.14. The van der Waals surface area contributed by atoms with Gasteiger partial charge >= 0.3 is 0 Å². The number of nitrogens with zero attached hydrogens (tertiary/aromatic N) is 4. The van der Waals surface area contributed by atoms with Gasteiger partial charge in [-0.3, -0.25) is 0 Å². The summed E-state index contributed by atoms with van der Waals surface area (Å²) < 4.78 is 0. The number of halogens is 1. The highest BCUT2D eigenvalue weighted by Gasteiger charge is 2.50. The van der Waals surface area contributed by atoms with E-state index in [2.05, 4.69) is 73.5 Å². The lowest BCUT2D eigenvalue weighted by Gasteiger charge is -2.44. The van der Waals surface area contributed by atoms with Crippen molar-refractivity contribution in [3.63, 3.8) is 0 Å². The first-order valence-electron chi connectivity index (χ1n) is 13.1. The Hall–Kier alpha value is -2.40. The van der Waals surface area contributed by atoms with Crippen LogP contribution in [0.1, 0.15) is 64.5 Å². The number of likely N-dealkylation sites (tertiary alicyclic amines) is 1. The molecule has 1 fully saturated rings. The van der Waals surface area contributed by atoms with E-state index >= 15 is 0 Å². The molecule has 4 heterocycles. The first-order valence-corrected chi connectivity index (χ1v) is 13.5. The molecule has 1 aromatic carbocycles. The van der Waals surface area contributed by atoms with E-state index in [-0.39, 0.29) is 10.8 Å². The van der Waals surface area contributed by atoms with Crippen LogP contribution in [0.4, 0.5) is 5.69 Å². The van der Waals surface area contributed by atoms with Crippen molar-refractivity contribution in [3.05, 3.63) is 64.2 Å². The summed E-state index contributed by atoms with van der Waals surface area (Å²) >= 11 is 6.98. The zero-order chi connectivity index (χ0) is 25.1. The maximum absolute atomic E-state index is 6.98. The third kappa shape index (κ3) is 3.96. The number of hydrogen-bond acceptors (Lipinski definition) is 5. The molecule has 1 saturated heterocycles. The van der Waals surface area contributed by atoms with Crippen LogP contribution in [0.2, 0.25) is 5.02 Å². The molecular weight excluding hydrogens is 454 g/mol. The van der Waals surface area contributed by atoms with Crippen LogP contribution in [-0.2, 0) is 11.8 Å². The third-order valence-electron chi connectivity index (χ3n) is 8.16. The van der Waals surface area contributed by atoms with E-state index in [1.165, 1.54) is 28.1 Å². The Morgan fingerprint density at radius 2 is 1.86 bits per heavy atom. The molecule has 188 valence electrons. The Labute approximate surface area is 216 Å². The summed E-state index contributed by atoms with van der Waals surface area (Å²) in [5.41, 5.74) is 7.47. The molecule has 35 heavy (non-hydrogen) atoms. The van der Waals surface area contributed by atoms with Crippen LogP contribution < -0.4 is 10.2 Å². The lowest BCUT2D eigenvalue weighted by atomic mass is 9.72. The minimum Gasteiger partial charge on any atom is -0.359 e. The van der Waals surface area contributed by atoms with Gasteiger partial charge in [0.1, 0.15) is 5.82 Å². The molecule has 0 saturated carbocycles. The number of aryl methyl sites for hydroxylation is 1. The van der Waals surface area contributed by atoms with E-state index in [0.29, 0.717) is 0 Å². The molecule has 4 aliphatic rings. The fourth-order valence-corrected chi connectivity index (χ4v) is 6.69. The van der Waals surface area contributed by atoms with Crippen LogP contribution in [0.3, 0.4) is 0 Å². The van der Waals surface area contributed by atoms with Crippen LogP contribution in [0.5, 0.6) is 0 Å². The van der Waals surface area contributed by atoms with Crippen molar-refractivity contribution in [2.45, 2.75) is 65.2 Å². The van der Waals surface area contributed by atoms with E-state index in [1.54, 1.807) is 0 Å². The zero-order valence-corrected chi connectivity index (χ0v) is 22.9. The first kappa shape index (κ1) is 24.3. The number of nitrogens with one attached hydrogen (secondary N) is 1. The summed E-state index contributed by atoms with van der Waals surface area (Å²) in [6, 6.07) is 4.31. The van der Waals surface area contributed by atoms with Crippen molar-refractivity contribution >= 4 is 23.2 Å². The Morgan fingerprint density at radius 3 is 2.51 bits per heavy atom. The highest BCUT2D eigenvalue weighted by molar-refractivity contribution is 6.32. The lowest BCUT2D eigenvalue weighted by molar-refractivity contribution is 0.250. The number of benzene rings is 1. The van der Waals surface area contributed by atoms with Crippen LogP contribution in [0.15, 0.2) is 53.1 Å². The van der Waals surface area contributed by atoms with Gasteiger partial charge in [-0.1, -0.05) is 58.5 Å². The monoisotopic (exact) mass is 493 g/mol. The van der Waals surface area contributed by atoms with Gasteiger partial charge in [0, 0.05) is 71.9 Å². The van der Waals surface area contributed by atoms with Gasteiger partial charge in [0.05, 0.1) is 0 Å². The Morgan fingerprint density at radius 1 is 1.14 bits per heavy atom. The first-order chi connectivity index (χ1) is 16.6. The second-order valence-corrected chi connectivity index (χ2v) is 12.2. The molecule has 6 heteroatoms. The van der Waals surface area contributed by atoms with Gasteiger partial charge in [-0.05, 0) is 49.1 Å². The molecule has 4 aliphatic heterocycles. The standard InChI is InChI=1S/C29H40ClN5/c1-8-21-11-12-23(30)24-25(21)35(18-28(4,5)6)20(3)29(24)13-16-34(17-14-29)27-31-19(2)22-10-9-15-33(7)26(22)32-27/h11-12H,2-3,8-10,13-18H2,1,4-7H3,(H,31,32). The summed E-state index contributed by atoms with van der Waals surface area (Å²) in [6.45, 7) is 22.0. The molecule has 1 N–H and O–H groups in total. The van der Waals surface area contributed by atoms with E-state index in [9.17, 15) is 0 Å². The normalized spacial score (nSPS) is 21.9. The predicted molar refractivity (Wildman–Crippen MR) is 148 cm³/mol. The number of allylic oxidation sites excluding steroid dienone is 2. The van der Waals surface area contributed by atoms with E-state index in [0.717, 1.165) is 80.8 Å². The number of anilines is 1. The fourth-order valence-electron chi connectivity index (χ4n) is 6.35. The summed E-state index contributed by atoms with van der Waals surface area (Å²) in [7, 11) is 2.13. The third-order valence-corrected chi connectivity index (χ3v) is 8.47. The largest absolute Gasteiger partial charge is 0.359 e. The second-order valence-electron chi connectivity index (χ2n) is 11.8. The molecule has 0 aromatic heterocycles. The Kier molecular flexibility index (Phi) is 5.98. The quantitative estimate of drug-likeness (QED) is 0.545. The minimum absolute atomic E-state index is 0.127. The SMILES string of the molecule is C=C1NC(N2CCC3(CC2)C(=C)N(CC(C)(C)C)c2c(CC)ccc(Cl)c23)=NC2=C1CCCN2C. The highest BCUT2D eigenvalue weighted by Crippen LogP contribution is 2.57. The van der Waals surface area contributed by atoms with Crippen molar-refractivity contribution in [2.24, 2.45) is 10.4 Å². The molecule has 0 unspecified atom stereocenters. The van der Waals surface area contributed by atoms with Crippen molar-refractivity contribution in [3.8, 4) is 0 Å². The fraction of sp³-hybridized carbons (Fsp3) is 0.552. The maximum atomic E-state index is 6.98. The number of aliphatic imine (C=N–C) groups is 1. The van der Waals surface area contributed by atoms with Gasteiger partial charge in [0.15, 0.2) is 0 Å². The van der Waals surface area contributed by atoms with Gasteiger partial charge in [-0.15, -0.1) is 0 Å². The van der Waals surface area contributed by atoms with E-state index in [1.807, 2.05) is 0 Å². The molecule has 5 rings (SSSR count). The van der Waals surface area contributed by atoms with Crippen LogP contribution in [0.25, 0.3) is 0 Å². The molecule has 5 nitrogen and oxygen atoms in total. The van der Waals surface area contributed by atoms with Gasteiger partial charge in [-0.25, -0.2) is 0 Å². The molecule has 1 spiro atoms. The van der Waals surface area contributed by atoms with Gasteiger partial charge in [0.2, 0.25) is 5.96 Å². The molecule has 0 amide bonds. The molecule has 0 bridgehead atoms. The highest BCUT2D eigenvalue weighted by atomic mass is 35.5. The van der Waals surface area contributed by atoms with Crippen LogP contribution >= 0.6 is 11.6 Å². The topological polar surface area (TPSA) is 34.1 Å². The zero-order valence-electron chi connectivity index (χ0n) is 22.1. The van der Waals surface area contributed by atoms with E-state index < -0.39 is 0 Å². The predicted octanol–water partition coefficient (Wildman–Crippen LogP) is 6.03. The minimum atomic E-state index is -0.127. The Balaban J connectivity index is 1.47. The lowest BCUT2D eigenvalue weighted by Crippen LogP contribution is -2.51. The van der Waals surface area contributed by atoms with Crippen molar-refractivity contribution in [2.75, 3.05) is 38.1 Å². The van der Waals surface area contributed by atoms with Crippen molar-refractivity contribution in [1.29, 1.82) is 0 Å². The smallest absolute Gasteiger partial charge is 0.205 e. The number of rotatable bonds is 2. The summed E-state index contributed by atoms with van der Waals surface area (Å²) in [4.78, 5) is 12.2. The van der Waals surface area contributed by atoms with Crippen LogP contribution in [-0.4, -0.2) is 49.0 Å². The maximum Gasteiger partial charge on any atom is 0.205 e. The van der Waals surface area contributed by atoms with Gasteiger partial charge < -0.3 is 20.0 Å². The number of hydrogen-bond donors (Lipinski definition) is 1.